The van der Waals surface area contributed by atoms with Gasteiger partial charge in [0, 0.05) is 17.8 Å². The summed E-state index contributed by atoms with van der Waals surface area (Å²) in [5.41, 5.74) is 1.57. The number of likely N-dealkylation sites (tertiary alicyclic amines) is 1. The van der Waals surface area contributed by atoms with E-state index in [2.05, 4.69) is 11.4 Å². The molecule has 0 bridgehead atoms. The lowest BCUT2D eigenvalue weighted by atomic mass is 9.96. The van der Waals surface area contributed by atoms with E-state index in [0.717, 1.165) is 55.4 Å². The van der Waals surface area contributed by atoms with E-state index in [9.17, 15) is 19.6 Å². The summed E-state index contributed by atoms with van der Waals surface area (Å²) in [6.07, 6.45) is 7.10. The van der Waals surface area contributed by atoms with Crippen LogP contribution in [0, 0.1) is 11.3 Å². The number of esters is 1. The molecule has 2 amide bonds. The number of rotatable bonds is 5. The number of aryl methyl sites for hydroxylation is 1. The van der Waals surface area contributed by atoms with Gasteiger partial charge in [0.1, 0.15) is 17.6 Å². The van der Waals surface area contributed by atoms with E-state index < -0.39 is 18.5 Å². The molecule has 1 saturated heterocycles. The lowest BCUT2D eigenvalue weighted by molar-refractivity contribution is -0.151. The van der Waals surface area contributed by atoms with Gasteiger partial charge in [-0.1, -0.05) is 6.42 Å². The van der Waals surface area contributed by atoms with Gasteiger partial charge in [-0.2, -0.15) is 5.26 Å². The van der Waals surface area contributed by atoms with Crippen LogP contribution in [0.25, 0.3) is 0 Å². The highest BCUT2D eigenvalue weighted by Gasteiger charge is 2.23. The Balaban J connectivity index is 1.51. The van der Waals surface area contributed by atoms with Gasteiger partial charge in [-0.25, -0.2) is 0 Å². The molecule has 1 aromatic rings. The first kappa shape index (κ1) is 19.4. The van der Waals surface area contributed by atoms with E-state index in [0.29, 0.717) is 23.5 Å². The number of anilines is 1. The van der Waals surface area contributed by atoms with E-state index in [4.69, 9.17) is 4.74 Å². The monoisotopic (exact) mass is 389 g/mol. The van der Waals surface area contributed by atoms with Crippen molar-refractivity contribution in [3.05, 3.63) is 16.0 Å². The number of amides is 2. The number of ether oxygens (including phenoxy) is 1. The highest BCUT2D eigenvalue weighted by molar-refractivity contribution is 7.16. The molecule has 0 saturated carbocycles. The second-order valence-electron chi connectivity index (χ2n) is 6.86. The van der Waals surface area contributed by atoms with Crippen LogP contribution in [0.15, 0.2) is 0 Å². The zero-order chi connectivity index (χ0) is 19.2. The van der Waals surface area contributed by atoms with E-state index >= 15 is 0 Å². The molecule has 0 aromatic carbocycles. The molecule has 1 fully saturated rings. The van der Waals surface area contributed by atoms with Crippen molar-refractivity contribution in [1.82, 2.24) is 4.90 Å². The minimum Gasteiger partial charge on any atom is -0.454 e. The number of hydrogen-bond acceptors (Lipinski definition) is 6. The summed E-state index contributed by atoms with van der Waals surface area (Å²) in [5.74, 6) is -1.11. The SMILES string of the molecule is N#Cc1c(NC(=O)COC(=O)CN2CCCCCC2=O)sc2c1CCCC2. The Labute approximate surface area is 162 Å². The average molecular weight is 389 g/mol. The smallest absolute Gasteiger partial charge is 0.326 e. The molecule has 7 nitrogen and oxygen atoms in total. The van der Waals surface area contributed by atoms with Gasteiger partial charge in [0.25, 0.3) is 5.91 Å². The summed E-state index contributed by atoms with van der Waals surface area (Å²) in [5, 5.41) is 12.6. The van der Waals surface area contributed by atoms with E-state index in [1.165, 1.54) is 16.2 Å². The fourth-order valence-electron chi connectivity index (χ4n) is 3.49. The number of fused-ring (bicyclic) bond motifs is 1. The van der Waals surface area contributed by atoms with Crippen molar-refractivity contribution in [2.75, 3.05) is 25.0 Å². The van der Waals surface area contributed by atoms with Gasteiger partial charge in [0.05, 0.1) is 5.56 Å². The number of nitrogens with one attached hydrogen (secondary N) is 1. The lowest BCUT2D eigenvalue weighted by Gasteiger charge is -2.19. The first-order chi connectivity index (χ1) is 13.1. The third kappa shape index (κ3) is 4.86. The van der Waals surface area contributed by atoms with Crippen LogP contribution in [0.3, 0.4) is 0 Å². The van der Waals surface area contributed by atoms with Gasteiger partial charge >= 0.3 is 5.97 Å². The van der Waals surface area contributed by atoms with Crippen molar-refractivity contribution < 1.29 is 19.1 Å². The van der Waals surface area contributed by atoms with E-state index in [-0.39, 0.29) is 12.5 Å². The molecule has 1 aromatic heterocycles. The molecule has 0 atom stereocenters. The molecule has 0 spiro atoms. The Morgan fingerprint density at radius 3 is 2.74 bits per heavy atom. The first-order valence-corrected chi connectivity index (χ1v) is 10.2. The molecule has 2 heterocycles. The topological polar surface area (TPSA) is 99.5 Å². The molecule has 8 heteroatoms. The predicted molar refractivity (Wildman–Crippen MR) is 100 cm³/mol. The third-order valence-electron chi connectivity index (χ3n) is 4.89. The van der Waals surface area contributed by atoms with Crippen molar-refractivity contribution in [2.24, 2.45) is 0 Å². The van der Waals surface area contributed by atoms with Crippen LogP contribution in [-0.2, 0) is 32.0 Å². The van der Waals surface area contributed by atoms with Gasteiger partial charge in [-0.05, 0) is 44.1 Å². The van der Waals surface area contributed by atoms with Crippen LogP contribution in [0.5, 0.6) is 0 Å². The molecule has 1 N–H and O–H groups in total. The van der Waals surface area contributed by atoms with Crippen LogP contribution in [0.2, 0.25) is 0 Å². The number of hydrogen-bond donors (Lipinski definition) is 1. The van der Waals surface area contributed by atoms with Gasteiger partial charge in [-0.15, -0.1) is 11.3 Å². The molecule has 0 unspecified atom stereocenters. The normalized spacial score (nSPS) is 16.9. The number of nitriles is 1. The second-order valence-corrected chi connectivity index (χ2v) is 7.97. The number of carbonyl (C=O) groups is 3. The number of thiophene rings is 1. The maximum absolute atomic E-state index is 12.1. The maximum Gasteiger partial charge on any atom is 0.326 e. The summed E-state index contributed by atoms with van der Waals surface area (Å²) >= 11 is 1.43. The molecule has 2 aliphatic rings. The van der Waals surface area contributed by atoms with Crippen molar-refractivity contribution in [3.8, 4) is 6.07 Å². The van der Waals surface area contributed by atoms with Gasteiger partial charge < -0.3 is 15.0 Å². The van der Waals surface area contributed by atoms with Crippen LogP contribution >= 0.6 is 11.3 Å². The van der Waals surface area contributed by atoms with Crippen molar-refractivity contribution >= 4 is 34.1 Å². The van der Waals surface area contributed by atoms with Crippen LogP contribution in [-0.4, -0.2) is 42.4 Å². The Bertz CT molecular complexity index is 781. The largest absolute Gasteiger partial charge is 0.454 e. The maximum atomic E-state index is 12.1. The van der Waals surface area contributed by atoms with Gasteiger partial charge in [-0.3, -0.25) is 14.4 Å². The van der Waals surface area contributed by atoms with Crippen LogP contribution in [0.1, 0.15) is 54.5 Å². The fraction of sp³-hybridized carbons (Fsp3) is 0.579. The lowest BCUT2D eigenvalue weighted by Crippen LogP contribution is -2.36. The Morgan fingerprint density at radius 2 is 1.93 bits per heavy atom. The number of nitrogens with zero attached hydrogens (tertiary/aromatic N) is 2. The van der Waals surface area contributed by atoms with Crippen molar-refractivity contribution in [2.45, 2.75) is 51.4 Å². The fourth-order valence-corrected chi connectivity index (χ4v) is 4.74. The molecule has 27 heavy (non-hydrogen) atoms. The zero-order valence-corrected chi connectivity index (χ0v) is 16.0. The second kappa shape index (κ2) is 9.00. The average Bonchev–Trinajstić information content (AvgIpc) is 2.88. The molecule has 0 radical (unpaired) electrons. The summed E-state index contributed by atoms with van der Waals surface area (Å²) in [6, 6.07) is 2.18. The standard InChI is InChI=1S/C19H23N3O4S/c20-10-14-13-6-3-4-7-15(13)27-19(14)21-16(23)12-26-18(25)11-22-9-5-1-2-8-17(22)24/h1-9,11-12H2,(H,21,23). The third-order valence-corrected chi connectivity index (χ3v) is 6.10. The molecular formula is C19H23N3O4S. The Morgan fingerprint density at radius 1 is 1.15 bits per heavy atom. The van der Waals surface area contributed by atoms with E-state index in [1.54, 1.807) is 0 Å². The van der Waals surface area contributed by atoms with Gasteiger partial charge in [0.15, 0.2) is 6.61 Å². The van der Waals surface area contributed by atoms with Crippen LogP contribution in [0.4, 0.5) is 5.00 Å². The number of carbonyl (C=O) groups excluding carboxylic acids is 3. The molecule has 1 aliphatic carbocycles. The minimum atomic E-state index is -0.591. The highest BCUT2D eigenvalue weighted by Crippen LogP contribution is 2.37. The van der Waals surface area contributed by atoms with Gasteiger partial charge in [0.2, 0.25) is 5.91 Å². The van der Waals surface area contributed by atoms with E-state index in [1.807, 2.05) is 0 Å². The summed E-state index contributed by atoms with van der Waals surface area (Å²) in [7, 11) is 0. The molecule has 3 rings (SSSR count). The summed E-state index contributed by atoms with van der Waals surface area (Å²) < 4.78 is 5.02. The molecule has 1 aliphatic heterocycles. The quantitative estimate of drug-likeness (QED) is 0.780. The van der Waals surface area contributed by atoms with Crippen molar-refractivity contribution in [1.29, 1.82) is 5.26 Å². The highest BCUT2D eigenvalue weighted by atomic mass is 32.1. The minimum absolute atomic E-state index is 0.0447. The molecular weight excluding hydrogens is 366 g/mol. The first-order valence-electron chi connectivity index (χ1n) is 9.36. The summed E-state index contributed by atoms with van der Waals surface area (Å²) in [4.78, 5) is 38.7. The summed E-state index contributed by atoms with van der Waals surface area (Å²) in [6.45, 7) is 0.00354. The Hall–Kier alpha value is -2.40. The predicted octanol–water partition coefficient (Wildman–Crippen LogP) is 2.38. The van der Waals surface area contributed by atoms with Crippen LogP contribution < -0.4 is 5.32 Å². The van der Waals surface area contributed by atoms with Crippen molar-refractivity contribution in [3.63, 3.8) is 0 Å². The Kier molecular flexibility index (Phi) is 6.45. The molecule has 144 valence electrons. The zero-order valence-electron chi connectivity index (χ0n) is 15.2.